The Bertz CT molecular complexity index is 82.1. The standard InChI is InChI=1S/CH2NO2P/c2-1-5(3)4/h5H,(H,3,4). The summed E-state index contributed by atoms with van der Waals surface area (Å²) in [5.74, 6) is 1.13. The van der Waals surface area contributed by atoms with Gasteiger partial charge in [-0.3, -0.25) is 4.57 Å². The van der Waals surface area contributed by atoms with Gasteiger partial charge in [-0.2, -0.15) is 5.26 Å². The van der Waals surface area contributed by atoms with Crippen LogP contribution in [0.3, 0.4) is 0 Å². The zero-order chi connectivity index (χ0) is 4.28. The van der Waals surface area contributed by atoms with Crippen LogP contribution in [0.4, 0.5) is 0 Å². The summed E-state index contributed by atoms with van der Waals surface area (Å²) in [6, 6.07) is 0. The molecule has 1 N–H and O–H groups in total. The summed E-state index contributed by atoms with van der Waals surface area (Å²) in [7, 11) is -2.82. The van der Waals surface area contributed by atoms with Gasteiger partial charge in [-0.25, -0.2) is 0 Å². The van der Waals surface area contributed by atoms with Gasteiger partial charge < -0.3 is 4.89 Å². The van der Waals surface area contributed by atoms with Gasteiger partial charge >= 0.3 is 0 Å². The molecule has 4 heteroatoms. The average molecular weight is 91.0 g/mol. The molecule has 0 aromatic heterocycles. The van der Waals surface area contributed by atoms with Gasteiger partial charge in [0.1, 0.15) is 0 Å². The molecule has 0 heterocycles. The van der Waals surface area contributed by atoms with E-state index in [2.05, 4.69) is 0 Å². The summed E-state index contributed by atoms with van der Waals surface area (Å²) in [5, 5.41) is 7.38. The summed E-state index contributed by atoms with van der Waals surface area (Å²) in [6.07, 6.45) is 0. The SMILES string of the molecule is N#C[PH](=O)O. The van der Waals surface area contributed by atoms with Crippen molar-refractivity contribution in [2.45, 2.75) is 0 Å². The summed E-state index contributed by atoms with van der Waals surface area (Å²) in [6.45, 7) is 0. The molecule has 0 aliphatic heterocycles. The quantitative estimate of drug-likeness (QED) is 0.424. The molecule has 0 aromatic rings. The molecule has 0 aliphatic carbocycles. The van der Waals surface area contributed by atoms with Crippen molar-refractivity contribution in [2.24, 2.45) is 0 Å². The third kappa shape index (κ3) is 3.68. The monoisotopic (exact) mass is 91.0 g/mol. The first-order valence-corrected chi connectivity index (χ1v) is 2.26. The van der Waals surface area contributed by atoms with Crippen LogP contribution in [0.25, 0.3) is 0 Å². The van der Waals surface area contributed by atoms with E-state index < -0.39 is 8.03 Å². The molecule has 0 saturated heterocycles. The van der Waals surface area contributed by atoms with Crippen LogP contribution < -0.4 is 0 Å². The molecule has 0 fully saturated rings. The van der Waals surface area contributed by atoms with Crippen LogP contribution in [-0.4, -0.2) is 4.89 Å². The van der Waals surface area contributed by atoms with E-state index in [1.54, 1.807) is 0 Å². The second-order valence-corrected chi connectivity index (χ2v) is 1.25. The van der Waals surface area contributed by atoms with Crippen molar-refractivity contribution in [2.75, 3.05) is 0 Å². The zero-order valence-corrected chi connectivity index (χ0v) is 3.30. The maximum atomic E-state index is 9.19. The topological polar surface area (TPSA) is 61.1 Å². The van der Waals surface area contributed by atoms with E-state index in [0.29, 0.717) is 0 Å². The molecule has 0 amide bonds. The second-order valence-electron chi connectivity index (χ2n) is 0.417. The summed E-state index contributed by atoms with van der Waals surface area (Å²) >= 11 is 0. The smallest absolute Gasteiger partial charge is 0.285 e. The Morgan fingerprint density at radius 2 is 2.20 bits per heavy atom. The minimum Gasteiger partial charge on any atom is -0.336 e. The first-order valence-electron chi connectivity index (χ1n) is 0.901. The van der Waals surface area contributed by atoms with Gasteiger partial charge in [-0.15, -0.1) is 0 Å². The Kier molecular flexibility index (Phi) is 1.83. The lowest BCUT2D eigenvalue weighted by molar-refractivity contribution is 0.513. The number of rotatable bonds is 0. The predicted octanol–water partition coefficient (Wildman–Crippen LogP) is -0.0655. The van der Waals surface area contributed by atoms with Crippen LogP contribution >= 0.6 is 8.03 Å². The van der Waals surface area contributed by atoms with Gasteiger partial charge in [0, 0.05) is 0 Å². The predicted molar refractivity (Wildman–Crippen MR) is 16.8 cm³/mol. The normalized spacial score (nSPS) is 12.8. The van der Waals surface area contributed by atoms with Crippen molar-refractivity contribution < 1.29 is 9.46 Å². The summed E-state index contributed by atoms with van der Waals surface area (Å²) in [5.41, 5.74) is 0. The molecule has 0 aromatic carbocycles. The van der Waals surface area contributed by atoms with Crippen LogP contribution in [0.2, 0.25) is 0 Å². The number of nitriles is 1. The van der Waals surface area contributed by atoms with Gasteiger partial charge in [-0.1, -0.05) is 0 Å². The highest BCUT2D eigenvalue weighted by atomic mass is 31.1. The fourth-order valence-corrected chi connectivity index (χ4v) is 0. The van der Waals surface area contributed by atoms with Gasteiger partial charge in [0.05, 0.1) is 0 Å². The third-order valence-electron chi connectivity index (χ3n) is 0.0956. The van der Waals surface area contributed by atoms with Crippen LogP contribution in [0.1, 0.15) is 0 Å². The van der Waals surface area contributed by atoms with Crippen molar-refractivity contribution in [1.29, 1.82) is 5.26 Å². The summed E-state index contributed by atoms with van der Waals surface area (Å²) < 4.78 is 9.19. The van der Waals surface area contributed by atoms with E-state index in [0.717, 1.165) is 5.81 Å². The van der Waals surface area contributed by atoms with Gasteiger partial charge in [0.2, 0.25) is 0 Å². The van der Waals surface area contributed by atoms with Gasteiger partial charge in [0.15, 0.2) is 5.81 Å². The maximum Gasteiger partial charge on any atom is 0.285 e. The van der Waals surface area contributed by atoms with E-state index in [4.69, 9.17) is 10.2 Å². The molecule has 0 saturated carbocycles. The molecule has 1 unspecified atom stereocenters. The van der Waals surface area contributed by atoms with Crippen LogP contribution in [0.15, 0.2) is 0 Å². The Morgan fingerprint density at radius 1 is 2.00 bits per heavy atom. The molecule has 0 rings (SSSR count). The minimum atomic E-state index is -2.82. The van der Waals surface area contributed by atoms with E-state index in [1.807, 2.05) is 0 Å². The van der Waals surface area contributed by atoms with E-state index in [9.17, 15) is 4.57 Å². The molecule has 28 valence electrons. The van der Waals surface area contributed by atoms with Crippen LogP contribution in [0, 0.1) is 11.1 Å². The minimum absolute atomic E-state index is 1.13. The van der Waals surface area contributed by atoms with Crippen molar-refractivity contribution in [3.63, 3.8) is 0 Å². The summed E-state index contributed by atoms with van der Waals surface area (Å²) in [4.78, 5) is 7.55. The third-order valence-corrected chi connectivity index (χ3v) is 0.287. The largest absolute Gasteiger partial charge is 0.336 e. The molecule has 3 nitrogen and oxygen atoms in total. The molecule has 0 spiro atoms. The molecule has 1 atom stereocenters. The fraction of sp³-hybridized carbons (Fsp3) is 0. The van der Waals surface area contributed by atoms with Crippen molar-refractivity contribution in [3.05, 3.63) is 0 Å². The lowest BCUT2D eigenvalue weighted by atomic mass is 11.8. The zero-order valence-electron chi connectivity index (χ0n) is 2.30. The number of hydrogen-bond acceptors (Lipinski definition) is 2. The molecular formula is CH2NO2P. The van der Waals surface area contributed by atoms with Crippen molar-refractivity contribution in [1.82, 2.24) is 0 Å². The van der Waals surface area contributed by atoms with Crippen molar-refractivity contribution in [3.8, 4) is 5.81 Å². The highest BCUT2D eigenvalue weighted by Crippen LogP contribution is 2.05. The lowest BCUT2D eigenvalue weighted by Crippen LogP contribution is -1.36. The first kappa shape index (κ1) is 4.68. The van der Waals surface area contributed by atoms with E-state index in [1.165, 1.54) is 0 Å². The van der Waals surface area contributed by atoms with Crippen LogP contribution in [0.5, 0.6) is 0 Å². The Hall–Kier alpha value is -0.320. The number of nitrogens with zero attached hydrogens (tertiary/aromatic N) is 1. The second kappa shape index (κ2) is 1.95. The van der Waals surface area contributed by atoms with Crippen LogP contribution in [-0.2, 0) is 4.57 Å². The van der Waals surface area contributed by atoms with Crippen molar-refractivity contribution >= 4 is 8.03 Å². The average Bonchev–Trinajstić information content (AvgIpc) is 1.38. The molecular weight excluding hydrogens is 89.0 g/mol. The Morgan fingerprint density at radius 3 is 2.20 bits per heavy atom. The van der Waals surface area contributed by atoms with Gasteiger partial charge in [0.25, 0.3) is 8.03 Å². The molecule has 0 radical (unpaired) electrons. The highest BCUT2D eigenvalue weighted by molar-refractivity contribution is 7.43. The highest BCUT2D eigenvalue weighted by Gasteiger charge is 1.73. The van der Waals surface area contributed by atoms with Gasteiger partial charge in [-0.05, 0) is 0 Å². The molecule has 5 heavy (non-hydrogen) atoms. The fourth-order valence-electron chi connectivity index (χ4n) is 0. The molecule has 0 bridgehead atoms. The maximum absolute atomic E-state index is 9.19. The first-order chi connectivity index (χ1) is 2.27. The molecule has 0 aliphatic rings. The number of hydrogen-bond donors (Lipinski definition) is 1. The Balaban J connectivity index is 3.35. The lowest BCUT2D eigenvalue weighted by Gasteiger charge is -1.58. The van der Waals surface area contributed by atoms with E-state index >= 15 is 0 Å². The Labute approximate surface area is 29.7 Å². The van der Waals surface area contributed by atoms with E-state index in [-0.39, 0.29) is 0 Å².